The Hall–Kier alpha value is -4.27. The van der Waals surface area contributed by atoms with E-state index in [1.807, 2.05) is 30.3 Å². The zero-order chi connectivity index (χ0) is 26.6. The van der Waals surface area contributed by atoms with Crippen LogP contribution in [0.15, 0.2) is 105 Å². The molecule has 1 heterocycles. The van der Waals surface area contributed by atoms with E-state index in [-0.39, 0.29) is 11.3 Å². The van der Waals surface area contributed by atoms with Crippen molar-refractivity contribution >= 4 is 50.6 Å². The van der Waals surface area contributed by atoms with E-state index in [4.69, 9.17) is 26.1 Å². The van der Waals surface area contributed by atoms with Gasteiger partial charge in [-0.25, -0.2) is 9.78 Å². The number of benzene rings is 4. The van der Waals surface area contributed by atoms with E-state index in [9.17, 15) is 9.59 Å². The van der Waals surface area contributed by atoms with E-state index >= 15 is 0 Å². The van der Waals surface area contributed by atoms with Crippen molar-refractivity contribution in [1.82, 2.24) is 9.66 Å². The fourth-order valence-corrected chi connectivity index (χ4v) is 4.12. The smallest absolute Gasteiger partial charge is 0.343 e. The second-order valence-electron chi connectivity index (χ2n) is 8.13. The summed E-state index contributed by atoms with van der Waals surface area (Å²) >= 11 is 9.33. The fraction of sp³-hybridized carbons (Fsp3) is 0.0345. The fourth-order valence-electron chi connectivity index (χ4n) is 3.73. The highest BCUT2D eigenvalue weighted by Crippen LogP contribution is 2.29. The van der Waals surface area contributed by atoms with Gasteiger partial charge in [0.25, 0.3) is 5.56 Å². The van der Waals surface area contributed by atoms with Gasteiger partial charge in [-0.05, 0) is 72.3 Å². The third-order valence-electron chi connectivity index (χ3n) is 5.65. The van der Waals surface area contributed by atoms with Gasteiger partial charge < -0.3 is 9.47 Å². The normalized spacial score (nSPS) is 11.1. The van der Waals surface area contributed by atoms with Gasteiger partial charge in [0.05, 0.1) is 29.8 Å². The summed E-state index contributed by atoms with van der Waals surface area (Å²) in [4.78, 5) is 30.6. The molecule has 0 amide bonds. The highest BCUT2D eigenvalue weighted by Gasteiger charge is 2.14. The molecular weight excluding hydrogens is 570 g/mol. The molecule has 0 aliphatic carbocycles. The lowest BCUT2D eigenvalue weighted by Gasteiger charge is -2.11. The van der Waals surface area contributed by atoms with Crippen molar-refractivity contribution < 1.29 is 14.3 Å². The molecule has 7 nitrogen and oxygen atoms in total. The Morgan fingerprint density at radius 1 is 0.974 bits per heavy atom. The van der Waals surface area contributed by atoms with E-state index in [1.54, 1.807) is 60.7 Å². The SMILES string of the molecule is COc1cc(C=Nn2c(-c3ccc(Br)cc3)nc3ccccc3c2=O)ccc1OC(=O)c1ccc(Cl)cc1. The van der Waals surface area contributed by atoms with Gasteiger partial charge >= 0.3 is 5.97 Å². The van der Waals surface area contributed by atoms with Crippen LogP contribution in [0.3, 0.4) is 0 Å². The van der Waals surface area contributed by atoms with Gasteiger partial charge in [0.15, 0.2) is 17.3 Å². The number of carbonyl (C=O) groups is 1. The lowest BCUT2D eigenvalue weighted by Crippen LogP contribution is -2.20. The van der Waals surface area contributed by atoms with Gasteiger partial charge in [0, 0.05) is 15.1 Å². The van der Waals surface area contributed by atoms with E-state index < -0.39 is 5.97 Å². The highest BCUT2D eigenvalue weighted by molar-refractivity contribution is 9.10. The van der Waals surface area contributed by atoms with E-state index in [0.717, 1.165) is 10.0 Å². The Morgan fingerprint density at radius 2 is 1.71 bits per heavy atom. The predicted octanol–water partition coefficient (Wildman–Crippen LogP) is 6.59. The van der Waals surface area contributed by atoms with Crippen LogP contribution in [0.2, 0.25) is 5.02 Å². The van der Waals surface area contributed by atoms with Gasteiger partial charge in [-0.2, -0.15) is 9.78 Å². The largest absolute Gasteiger partial charge is 0.493 e. The van der Waals surface area contributed by atoms with E-state index in [0.29, 0.717) is 38.6 Å². The summed E-state index contributed by atoms with van der Waals surface area (Å²) in [6.45, 7) is 0. The number of rotatable bonds is 6. The summed E-state index contributed by atoms with van der Waals surface area (Å²) in [5, 5.41) is 5.45. The minimum Gasteiger partial charge on any atom is -0.493 e. The maximum Gasteiger partial charge on any atom is 0.343 e. The van der Waals surface area contributed by atoms with Crippen molar-refractivity contribution in [2.75, 3.05) is 7.11 Å². The quantitative estimate of drug-likeness (QED) is 0.127. The molecule has 5 aromatic rings. The third-order valence-corrected chi connectivity index (χ3v) is 6.43. The average Bonchev–Trinajstić information content (AvgIpc) is 2.94. The number of hydrogen-bond acceptors (Lipinski definition) is 6. The molecule has 0 unspecified atom stereocenters. The first-order chi connectivity index (χ1) is 18.4. The van der Waals surface area contributed by atoms with Crippen molar-refractivity contribution in [1.29, 1.82) is 0 Å². The van der Waals surface area contributed by atoms with Crippen molar-refractivity contribution in [3.8, 4) is 22.9 Å². The van der Waals surface area contributed by atoms with Gasteiger partial charge in [-0.3, -0.25) is 4.79 Å². The molecule has 0 radical (unpaired) electrons. The Bertz CT molecular complexity index is 1730. The Balaban J connectivity index is 1.50. The number of ether oxygens (including phenoxy) is 2. The second-order valence-corrected chi connectivity index (χ2v) is 9.48. The lowest BCUT2D eigenvalue weighted by molar-refractivity contribution is 0.0729. The molecule has 9 heteroatoms. The summed E-state index contributed by atoms with van der Waals surface area (Å²) in [6.07, 6.45) is 1.52. The van der Waals surface area contributed by atoms with Crippen molar-refractivity contribution in [2.24, 2.45) is 5.10 Å². The van der Waals surface area contributed by atoms with Crippen LogP contribution in [-0.2, 0) is 0 Å². The molecule has 0 saturated carbocycles. The van der Waals surface area contributed by atoms with Crippen molar-refractivity contribution in [3.05, 3.63) is 122 Å². The lowest BCUT2D eigenvalue weighted by atomic mass is 10.2. The monoisotopic (exact) mass is 587 g/mol. The number of fused-ring (bicyclic) bond motifs is 1. The molecule has 0 atom stereocenters. The summed E-state index contributed by atoms with van der Waals surface area (Å²) in [5.41, 5.74) is 1.98. The summed E-state index contributed by atoms with van der Waals surface area (Å²) in [6, 6.07) is 26.0. The highest BCUT2D eigenvalue weighted by atomic mass is 79.9. The van der Waals surface area contributed by atoms with Crippen LogP contribution in [0.1, 0.15) is 15.9 Å². The minimum atomic E-state index is -0.547. The summed E-state index contributed by atoms with van der Waals surface area (Å²) in [5.74, 6) is 0.422. The standard InChI is InChI=1S/C29H19BrClN3O4/c1-37-26-16-18(6-15-25(26)38-29(36)20-9-13-22(31)14-10-20)17-32-34-27(19-7-11-21(30)12-8-19)33-24-5-3-2-4-23(24)28(34)35/h2-17H,1H3. The summed E-state index contributed by atoms with van der Waals surface area (Å²) < 4.78 is 13.1. The maximum absolute atomic E-state index is 13.4. The molecule has 38 heavy (non-hydrogen) atoms. The molecule has 4 aromatic carbocycles. The number of para-hydroxylation sites is 1. The minimum absolute atomic E-state index is 0.240. The molecule has 0 aliphatic rings. The van der Waals surface area contributed by atoms with Gasteiger partial charge in [0.1, 0.15) is 0 Å². The maximum atomic E-state index is 13.4. The number of methoxy groups -OCH3 is 1. The van der Waals surface area contributed by atoms with Crippen LogP contribution >= 0.6 is 27.5 Å². The topological polar surface area (TPSA) is 82.8 Å². The predicted molar refractivity (Wildman–Crippen MR) is 152 cm³/mol. The van der Waals surface area contributed by atoms with Gasteiger partial charge in [0.2, 0.25) is 0 Å². The number of nitrogens with zero attached hydrogens (tertiary/aromatic N) is 3. The van der Waals surface area contributed by atoms with Crippen LogP contribution < -0.4 is 15.0 Å². The first kappa shape index (κ1) is 25.4. The Labute approximate surface area is 231 Å². The van der Waals surface area contributed by atoms with Gasteiger partial charge in [-0.15, -0.1) is 0 Å². The third kappa shape index (κ3) is 5.37. The molecule has 5 rings (SSSR count). The molecule has 0 spiro atoms. The molecular formula is C29H19BrClN3O4. The molecule has 0 fully saturated rings. The van der Waals surface area contributed by atoms with Gasteiger partial charge in [-0.1, -0.05) is 51.8 Å². The molecule has 0 bridgehead atoms. The number of aromatic nitrogens is 2. The van der Waals surface area contributed by atoms with Crippen LogP contribution in [0.5, 0.6) is 11.5 Å². The number of halogens is 2. The number of hydrogen-bond donors (Lipinski definition) is 0. The van der Waals surface area contributed by atoms with Crippen LogP contribution in [0.25, 0.3) is 22.3 Å². The zero-order valence-electron chi connectivity index (χ0n) is 20.0. The molecule has 188 valence electrons. The first-order valence-corrected chi connectivity index (χ1v) is 12.6. The Morgan fingerprint density at radius 3 is 2.45 bits per heavy atom. The first-order valence-electron chi connectivity index (χ1n) is 11.4. The van der Waals surface area contributed by atoms with Crippen LogP contribution in [0, 0.1) is 0 Å². The van der Waals surface area contributed by atoms with Crippen LogP contribution in [-0.4, -0.2) is 29.0 Å². The van der Waals surface area contributed by atoms with E-state index in [2.05, 4.69) is 21.0 Å². The van der Waals surface area contributed by atoms with Crippen molar-refractivity contribution in [3.63, 3.8) is 0 Å². The summed E-state index contributed by atoms with van der Waals surface area (Å²) in [7, 11) is 1.47. The Kier molecular flexibility index (Phi) is 7.35. The second kappa shape index (κ2) is 11.0. The van der Waals surface area contributed by atoms with Crippen molar-refractivity contribution in [2.45, 2.75) is 0 Å². The number of esters is 1. The average molecular weight is 589 g/mol. The molecule has 1 aromatic heterocycles. The van der Waals surface area contributed by atoms with E-state index in [1.165, 1.54) is 18.0 Å². The zero-order valence-corrected chi connectivity index (χ0v) is 22.3. The molecule has 0 N–H and O–H groups in total. The molecule has 0 aliphatic heterocycles. The number of carbonyl (C=O) groups excluding carboxylic acids is 1. The van der Waals surface area contributed by atoms with Crippen LogP contribution in [0.4, 0.5) is 0 Å². The molecule has 0 saturated heterocycles.